The van der Waals surface area contributed by atoms with E-state index in [9.17, 15) is 9.59 Å². The minimum absolute atomic E-state index is 0.108. The highest BCUT2D eigenvalue weighted by Gasteiger charge is 2.17. The van der Waals surface area contributed by atoms with E-state index in [0.29, 0.717) is 31.0 Å². The first-order valence-electron chi connectivity index (χ1n) is 7.68. The van der Waals surface area contributed by atoms with Gasteiger partial charge in [0.25, 0.3) is 11.8 Å². The van der Waals surface area contributed by atoms with Crippen molar-refractivity contribution in [3.05, 3.63) is 29.6 Å². The molecule has 0 spiro atoms. The van der Waals surface area contributed by atoms with Gasteiger partial charge in [0.1, 0.15) is 11.4 Å². The summed E-state index contributed by atoms with van der Waals surface area (Å²) < 4.78 is 0. The molecule has 1 N–H and O–H groups in total. The van der Waals surface area contributed by atoms with Crippen molar-refractivity contribution in [3.8, 4) is 0 Å². The molecule has 0 aromatic carbocycles. The maximum Gasteiger partial charge on any atom is 0.272 e. The summed E-state index contributed by atoms with van der Waals surface area (Å²) in [5, 5.41) is 2.77. The first-order chi connectivity index (χ1) is 10.1. The molecule has 2 amide bonds. The van der Waals surface area contributed by atoms with Gasteiger partial charge in [0.2, 0.25) is 0 Å². The van der Waals surface area contributed by atoms with Crippen LogP contribution >= 0.6 is 0 Å². The summed E-state index contributed by atoms with van der Waals surface area (Å²) in [4.78, 5) is 30.3. The lowest BCUT2D eigenvalue weighted by molar-refractivity contribution is 0.0749. The third-order valence-electron chi connectivity index (χ3n) is 3.01. The number of rotatable bonds is 8. The van der Waals surface area contributed by atoms with E-state index >= 15 is 0 Å². The Bertz CT molecular complexity index is 468. The van der Waals surface area contributed by atoms with Gasteiger partial charge >= 0.3 is 0 Å². The Balaban J connectivity index is 2.87. The maximum absolute atomic E-state index is 12.4. The number of nitrogens with one attached hydrogen (secondary N) is 1. The van der Waals surface area contributed by atoms with Crippen LogP contribution in [0.25, 0.3) is 0 Å². The van der Waals surface area contributed by atoms with Crippen molar-refractivity contribution in [2.75, 3.05) is 19.6 Å². The van der Waals surface area contributed by atoms with Gasteiger partial charge < -0.3 is 10.2 Å². The maximum atomic E-state index is 12.4. The predicted molar refractivity (Wildman–Crippen MR) is 83.3 cm³/mol. The van der Waals surface area contributed by atoms with Gasteiger partial charge in [0.05, 0.1) is 0 Å². The number of aromatic nitrogens is 1. The van der Waals surface area contributed by atoms with E-state index in [1.807, 2.05) is 20.8 Å². The minimum atomic E-state index is -0.232. The second-order valence-corrected chi connectivity index (χ2v) is 4.96. The summed E-state index contributed by atoms with van der Waals surface area (Å²) in [5.74, 6) is -0.340. The molecule has 5 heteroatoms. The average Bonchev–Trinajstić information content (AvgIpc) is 2.51. The van der Waals surface area contributed by atoms with Gasteiger partial charge in [-0.25, -0.2) is 4.98 Å². The molecule has 0 saturated carbocycles. The highest BCUT2D eigenvalue weighted by Crippen LogP contribution is 2.06. The summed E-state index contributed by atoms with van der Waals surface area (Å²) in [6.07, 6.45) is 2.68. The van der Waals surface area contributed by atoms with Crippen molar-refractivity contribution in [2.45, 2.75) is 40.0 Å². The van der Waals surface area contributed by atoms with Crippen molar-refractivity contribution in [2.24, 2.45) is 0 Å². The number of hydrogen-bond donors (Lipinski definition) is 1. The zero-order chi connectivity index (χ0) is 15.7. The topological polar surface area (TPSA) is 62.3 Å². The van der Waals surface area contributed by atoms with Crippen LogP contribution in [0.5, 0.6) is 0 Å². The number of nitrogens with zero attached hydrogens (tertiary/aromatic N) is 2. The fourth-order valence-corrected chi connectivity index (χ4v) is 2.03. The fraction of sp³-hybridized carbons (Fsp3) is 0.562. The van der Waals surface area contributed by atoms with Gasteiger partial charge in [-0.3, -0.25) is 9.59 Å². The van der Waals surface area contributed by atoms with Gasteiger partial charge in [-0.2, -0.15) is 0 Å². The summed E-state index contributed by atoms with van der Waals surface area (Å²) in [7, 11) is 0. The molecule has 1 aromatic heterocycles. The average molecular weight is 291 g/mol. The van der Waals surface area contributed by atoms with E-state index < -0.39 is 0 Å². The van der Waals surface area contributed by atoms with E-state index in [1.54, 1.807) is 23.1 Å². The number of carbonyl (C=O) groups is 2. The van der Waals surface area contributed by atoms with E-state index in [4.69, 9.17) is 0 Å². The van der Waals surface area contributed by atoms with Crippen molar-refractivity contribution < 1.29 is 9.59 Å². The quantitative estimate of drug-likeness (QED) is 0.800. The molecule has 1 rings (SSSR count). The van der Waals surface area contributed by atoms with Crippen LogP contribution in [-0.2, 0) is 0 Å². The molecule has 0 bridgehead atoms. The van der Waals surface area contributed by atoms with Gasteiger partial charge in [-0.1, -0.05) is 26.8 Å². The van der Waals surface area contributed by atoms with E-state index in [2.05, 4.69) is 10.3 Å². The van der Waals surface area contributed by atoms with Crippen LogP contribution in [0.2, 0.25) is 0 Å². The van der Waals surface area contributed by atoms with Crippen LogP contribution in [0.4, 0.5) is 0 Å². The molecule has 5 nitrogen and oxygen atoms in total. The zero-order valence-electron chi connectivity index (χ0n) is 13.2. The Labute approximate surface area is 126 Å². The van der Waals surface area contributed by atoms with Crippen molar-refractivity contribution >= 4 is 11.8 Å². The Morgan fingerprint density at radius 1 is 1.05 bits per heavy atom. The number of hydrogen-bond acceptors (Lipinski definition) is 3. The second kappa shape index (κ2) is 9.10. The third-order valence-corrected chi connectivity index (χ3v) is 3.01. The highest BCUT2D eigenvalue weighted by atomic mass is 16.2. The molecule has 0 aliphatic heterocycles. The SMILES string of the molecule is CCCNC(=O)c1cccc(C(=O)N(CCC)CCC)n1. The summed E-state index contributed by atoms with van der Waals surface area (Å²) in [6, 6.07) is 5.00. The molecule has 0 saturated heterocycles. The molecule has 1 heterocycles. The molecule has 21 heavy (non-hydrogen) atoms. The standard InChI is InChI=1S/C16H25N3O2/c1-4-10-17-15(20)13-8-7-9-14(18-13)16(21)19(11-5-2)12-6-3/h7-9H,4-6,10-12H2,1-3H3,(H,17,20). The predicted octanol–water partition coefficient (Wildman–Crippen LogP) is 2.48. The molecule has 0 aliphatic carbocycles. The van der Waals surface area contributed by atoms with Gasteiger partial charge in [0.15, 0.2) is 0 Å². The number of carbonyl (C=O) groups excluding carboxylic acids is 2. The Hall–Kier alpha value is -1.91. The normalized spacial score (nSPS) is 10.2. The van der Waals surface area contributed by atoms with Crippen LogP contribution in [0.15, 0.2) is 18.2 Å². The van der Waals surface area contributed by atoms with Crippen molar-refractivity contribution in [1.29, 1.82) is 0 Å². The molecule has 0 radical (unpaired) electrons. The van der Waals surface area contributed by atoms with Gasteiger partial charge in [-0.15, -0.1) is 0 Å². The molecule has 0 atom stereocenters. The van der Waals surface area contributed by atoms with Crippen molar-refractivity contribution in [1.82, 2.24) is 15.2 Å². The number of amides is 2. The monoisotopic (exact) mass is 291 g/mol. The molecule has 1 aromatic rings. The van der Waals surface area contributed by atoms with E-state index in [0.717, 1.165) is 19.3 Å². The van der Waals surface area contributed by atoms with Crippen LogP contribution in [0.3, 0.4) is 0 Å². The Kier molecular flexibility index (Phi) is 7.43. The fourth-order valence-electron chi connectivity index (χ4n) is 2.03. The lowest BCUT2D eigenvalue weighted by Gasteiger charge is -2.21. The van der Waals surface area contributed by atoms with Crippen LogP contribution in [0, 0.1) is 0 Å². The summed E-state index contributed by atoms with van der Waals surface area (Å²) >= 11 is 0. The minimum Gasteiger partial charge on any atom is -0.351 e. The van der Waals surface area contributed by atoms with Gasteiger partial charge in [-0.05, 0) is 31.4 Å². The lowest BCUT2D eigenvalue weighted by atomic mass is 10.2. The van der Waals surface area contributed by atoms with Crippen LogP contribution < -0.4 is 5.32 Å². The first-order valence-corrected chi connectivity index (χ1v) is 7.68. The number of pyridine rings is 1. The molecule has 116 valence electrons. The van der Waals surface area contributed by atoms with E-state index in [-0.39, 0.29) is 11.8 Å². The Morgan fingerprint density at radius 2 is 1.67 bits per heavy atom. The second-order valence-electron chi connectivity index (χ2n) is 4.96. The van der Waals surface area contributed by atoms with E-state index in [1.165, 1.54) is 0 Å². The van der Waals surface area contributed by atoms with Gasteiger partial charge in [0, 0.05) is 19.6 Å². The molecule has 0 aliphatic rings. The molecular formula is C16H25N3O2. The smallest absolute Gasteiger partial charge is 0.272 e. The molecule has 0 unspecified atom stereocenters. The largest absolute Gasteiger partial charge is 0.351 e. The van der Waals surface area contributed by atoms with Crippen molar-refractivity contribution in [3.63, 3.8) is 0 Å². The lowest BCUT2D eigenvalue weighted by Crippen LogP contribution is -2.33. The van der Waals surface area contributed by atoms with Crippen LogP contribution in [0.1, 0.15) is 61.0 Å². The summed E-state index contributed by atoms with van der Waals surface area (Å²) in [5.41, 5.74) is 0.628. The highest BCUT2D eigenvalue weighted by molar-refractivity contribution is 5.96. The summed E-state index contributed by atoms with van der Waals surface area (Å²) in [6.45, 7) is 8.09. The molecular weight excluding hydrogens is 266 g/mol. The zero-order valence-corrected chi connectivity index (χ0v) is 13.2. The molecule has 0 fully saturated rings. The first kappa shape index (κ1) is 17.1. The Morgan fingerprint density at radius 3 is 2.24 bits per heavy atom. The third kappa shape index (κ3) is 5.17. The van der Waals surface area contributed by atoms with Crippen LogP contribution in [-0.4, -0.2) is 41.3 Å².